The van der Waals surface area contributed by atoms with Gasteiger partial charge >= 0.3 is 5.97 Å². The largest absolute Gasteiger partial charge is 0.481 e. The number of hydrogen-bond donors (Lipinski definition) is 1. The van der Waals surface area contributed by atoms with Crippen molar-refractivity contribution in [3.8, 4) is 0 Å². The van der Waals surface area contributed by atoms with E-state index in [2.05, 4.69) is 18.7 Å². The average molecular weight is 199 g/mol. The number of piperidine rings is 1. The topological polar surface area (TPSA) is 40.5 Å². The summed E-state index contributed by atoms with van der Waals surface area (Å²) < 4.78 is 0. The number of carboxylic acid groups (broad SMARTS) is 1. The molecular weight excluding hydrogens is 178 g/mol. The maximum atomic E-state index is 11.0. The molecule has 3 heteroatoms. The third-order valence-electron chi connectivity index (χ3n) is 3.04. The molecule has 2 atom stereocenters. The zero-order chi connectivity index (χ0) is 10.7. The van der Waals surface area contributed by atoms with E-state index in [1.807, 2.05) is 6.92 Å². The molecule has 0 aromatic carbocycles. The minimum Gasteiger partial charge on any atom is -0.481 e. The molecule has 0 spiro atoms. The van der Waals surface area contributed by atoms with Crippen molar-refractivity contribution in [3.63, 3.8) is 0 Å². The van der Waals surface area contributed by atoms with Crippen LogP contribution in [0.4, 0.5) is 0 Å². The second-order valence-corrected chi connectivity index (χ2v) is 4.72. The predicted molar refractivity (Wildman–Crippen MR) is 56.2 cm³/mol. The van der Waals surface area contributed by atoms with Crippen molar-refractivity contribution in [2.75, 3.05) is 13.1 Å². The van der Waals surface area contributed by atoms with E-state index < -0.39 is 5.97 Å². The van der Waals surface area contributed by atoms with E-state index >= 15 is 0 Å². The van der Waals surface area contributed by atoms with Crippen molar-refractivity contribution in [3.05, 3.63) is 0 Å². The molecule has 0 saturated carbocycles. The van der Waals surface area contributed by atoms with Gasteiger partial charge in [0.25, 0.3) is 0 Å². The van der Waals surface area contributed by atoms with E-state index in [-0.39, 0.29) is 12.0 Å². The van der Waals surface area contributed by atoms with Crippen molar-refractivity contribution in [1.29, 1.82) is 0 Å². The second-order valence-electron chi connectivity index (χ2n) is 4.72. The number of rotatable bonds is 3. The first kappa shape index (κ1) is 11.5. The van der Waals surface area contributed by atoms with Gasteiger partial charge < -0.3 is 5.11 Å². The van der Waals surface area contributed by atoms with Crippen molar-refractivity contribution < 1.29 is 9.90 Å². The van der Waals surface area contributed by atoms with Crippen LogP contribution in [0.1, 0.15) is 33.6 Å². The maximum Gasteiger partial charge on any atom is 0.308 e. The van der Waals surface area contributed by atoms with Crippen LogP contribution >= 0.6 is 0 Å². The Kier molecular flexibility index (Phi) is 3.93. The highest BCUT2D eigenvalue weighted by Gasteiger charge is 2.32. The van der Waals surface area contributed by atoms with Crippen molar-refractivity contribution in [1.82, 2.24) is 4.90 Å². The van der Waals surface area contributed by atoms with E-state index in [0.29, 0.717) is 5.92 Å². The second kappa shape index (κ2) is 4.78. The fourth-order valence-corrected chi connectivity index (χ4v) is 2.27. The fourth-order valence-electron chi connectivity index (χ4n) is 2.27. The van der Waals surface area contributed by atoms with Crippen molar-refractivity contribution in [2.45, 2.75) is 39.7 Å². The van der Waals surface area contributed by atoms with Gasteiger partial charge in [-0.25, -0.2) is 0 Å². The molecule has 1 aliphatic heterocycles. The Hall–Kier alpha value is -0.570. The van der Waals surface area contributed by atoms with Gasteiger partial charge in [-0.15, -0.1) is 0 Å². The lowest BCUT2D eigenvalue weighted by Gasteiger charge is -2.38. The summed E-state index contributed by atoms with van der Waals surface area (Å²) in [5.74, 6) is -0.182. The summed E-state index contributed by atoms with van der Waals surface area (Å²) in [5, 5.41) is 9.03. The molecule has 1 heterocycles. The van der Waals surface area contributed by atoms with E-state index in [1.54, 1.807) is 0 Å². The van der Waals surface area contributed by atoms with E-state index in [1.165, 1.54) is 0 Å². The fraction of sp³-hybridized carbons (Fsp3) is 0.909. The summed E-state index contributed by atoms with van der Waals surface area (Å²) in [7, 11) is 0. The van der Waals surface area contributed by atoms with Crippen molar-refractivity contribution >= 4 is 5.97 Å². The molecule has 82 valence electrons. The summed E-state index contributed by atoms with van der Waals surface area (Å²) in [6.45, 7) is 8.47. The molecule has 0 aromatic heterocycles. The highest BCUT2D eigenvalue weighted by Crippen LogP contribution is 2.24. The van der Waals surface area contributed by atoms with Crippen LogP contribution in [-0.4, -0.2) is 35.1 Å². The molecule has 0 aromatic rings. The predicted octanol–water partition coefficient (Wildman–Crippen LogP) is 1.83. The third-order valence-corrected chi connectivity index (χ3v) is 3.04. The Morgan fingerprint density at radius 3 is 2.71 bits per heavy atom. The first-order valence-corrected chi connectivity index (χ1v) is 5.49. The van der Waals surface area contributed by atoms with Gasteiger partial charge in [0.2, 0.25) is 0 Å². The van der Waals surface area contributed by atoms with Crippen LogP contribution in [0.25, 0.3) is 0 Å². The van der Waals surface area contributed by atoms with Gasteiger partial charge in [-0.05, 0) is 32.2 Å². The number of nitrogens with zero attached hydrogens (tertiary/aromatic N) is 1. The normalized spacial score (nSPS) is 29.4. The molecule has 14 heavy (non-hydrogen) atoms. The molecule has 3 nitrogen and oxygen atoms in total. The van der Waals surface area contributed by atoms with E-state index in [4.69, 9.17) is 5.11 Å². The molecule has 0 bridgehead atoms. The third kappa shape index (κ3) is 2.71. The molecule has 1 fully saturated rings. The van der Waals surface area contributed by atoms with Gasteiger partial charge in [-0.1, -0.05) is 13.8 Å². The molecule has 1 rings (SSSR count). The van der Waals surface area contributed by atoms with Crippen molar-refractivity contribution in [2.24, 2.45) is 11.8 Å². The minimum absolute atomic E-state index is 0.164. The van der Waals surface area contributed by atoms with Crippen LogP contribution < -0.4 is 0 Å². The Bertz CT molecular complexity index is 203. The lowest BCUT2D eigenvalue weighted by molar-refractivity contribution is -0.145. The lowest BCUT2D eigenvalue weighted by atomic mass is 9.90. The number of likely N-dealkylation sites (tertiary alicyclic amines) is 1. The number of carboxylic acids is 1. The van der Waals surface area contributed by atoms with Gasteiger partial charge in [0.05, 0.1) is 5.92 Å². The Morgan fingerprint density at radius 1 is 1.57 bits per heavy atom. The summed E-state index contributed by atoms with van der Waals surface area (Å²) in [5.41, 5.74) is 0. The van der Waals surface area contributed by atoms with Crippen LogP contribution in [0.5, 0.6) is 0 Å². The number of hydrogen-bond acceptors (Lipinski definition) is 2. The van der Waals surface area contributed by atoms with Crippen LogP contribution in [0.15, 0.2) is 0 Å². The van der Waals surface area contributed by atoms with Crippen LogP contribution in [0.2, 0.25) is 0 Å². The van der Waals surface area contributed by atoms with E-state index in [0.717, 1.165) is 25.9 Å². The summed E-state index contributed by atoms with van der Waals surface area (Å²) in [4.78, 5) is 13.3. The summed E-state index contributed by atoms with van der Waals surface area (Å²) in [6, 6.07) is 0.198. The molecular formula is C11H21NO2. The highest BCUT2D eigenvalue weighted by atomic mass is 16.4. The van der Waals surface area contributed by atoms with Crippen LogP contribution in [0, 0.1) is 11.8 Å². The Labute approximate surface area is 86.1 Å². The summed E-state index contributed by atoms with van der Waals surface area (Å²) in [6.07, 6.45) is 1.86. The van der Waals surface area contributed by atoms with E-state index in [9.17, 15) is 4.79 Å². The van der Waals surface area contributed by atoms with Gasteiger partial charge in [-0.3, -0.25) is 9.69 Å². The van der Waals surface area contributed by atoms with Crippen LogP contribution in [-0.2, 0) is 4.79 Å². The average Bonchev–Trinajstić information content (AvgIpc) is 2.07. The molecule has 0 amide bonds. The lowest BCUT2D eigenvalue weighted by Crippen LogP contribution is -2.47. The Balaban J connectivity index is 2.56. The van der Waals surface area contributed by atoms with Gasteiger partial charge in [0, 0.05) is 12.6 Å². The summed E-state index contributed by atoms with van der Waals surface area (Å²) >= 11 is 0. The molecule has 1 saturated heterocycles. The smallest absolute Gasteiger partial charge is 0.308 e. The zero-order valence-electron chi connectivity index (χ0n) is 9.36. The first-order valence-electron chi connectivity index (χ1n) is 5.49. The number of aliphatic carboxylic acids is 1. The van der Waals surface area contributed by atoms with Crippen LogP contribution in [0.3, 0.4) is 0 Å². The van der Waals surface area contributed by atoms with Gasteiger partial charge in [-0.2, -0.15) is 0 Å². The quantitative estimate of drug-likeness (QED) is 0.754. The van der Waals surface area contributed by atoms with Gasteiger partial charge in [0.15, 0.2) is 0 Å². The first-order chi connectivity index (χ1) is 6.52. The SMILES string of the molecule is CC(C)CN1CCC[C@H](C(=O)O)[C@H]1C. The highest BCUT2D eigenvalue weighted by molar-refractivity contribution is 5.70. The molecule has 1 aliphatic rings. The molecule has 1 N–H and O–H groups in total. The number of carbonyl (C=O) groups is 1. The molecule has 0 unspecified atom stereocenters. The molecule has 0 aliphatic carbocycles. The standard InChI is InChI=1S/C11H21NO2/c1-8(2)7-12-6-4-5-10(9(12)3)11(13)14/h8-10H,4-7H2,1-3H3,(H,13,14)/t9-,10+/m1/s1. The minimum atomic E-state index is -0.633. The maximum absolute atomic E-state index is 11.0. The molecule has 0 radical (unpaired) electrons. The van der Waals surface area contributed by atoms with Gasteiger partial charge in [0.1, 0.15) is 0 Å². The zero-order valence-corrected chi connectivity index (χ0v) is 9.36. The Morgan fingerprint density at radius 2 is 2.21 bits per heavy atom. The monoisotopic (exact) mass is 199 g/mol.